The van der Waals surface area contributed by atoms with E-state index in [4.69, 9.17) is 9.84 Å². The molecule has 1 N–H and O–H groups in total. The molecule has 0 bridgehead atoms. The summed E-state index contributed by atoms with van der Waals surface area (Å²) in [6, 6.07) is 2.56. The van der Waals surface area contributed by atoms with Gasteiger partial charge in [0.1, 0.15) is 23.2 Å². The van der Waals surface area contributed by atoms with E-state index in [0.717, 1.165) is 12.1 Å². The first-order chi connectivity index (χ1) is 9.86. The molecule has 0 unspecified atom stereocenters. The van der Waals surface area contributed by atoms with E-state index in [1.165, 1.54) is 6.20 Å². The number of nitrogens with zero attached hydrogens (tertiary/aromatic N) is 2. The molecule has 0 atom stereocenters. The minimum Gasteiger partial charge on any atom is -0.476 e. The van der Waals surface area contributed by atoms with Gasteiger partial charge in [0.05, 0.1) is 6.20 Å². The van der Waals surface area contributed by atoms with Crippen molar-refractivity contribution in [1.29, 1.82) is 0 Å². The van der Waals surface area contributed by atoms with Gasteiger partial charge in [0, 0.05) is 24.1 Å². The van der Waals surface area contributed by atoms with Crippen molar-refractivity contribution in [1.82, 2.24) is 9.97 Å². The van der Waals surface area contributed by atoms with Gasteiger partial charge in [-0.2, -0.15) is 0 Å². The molecule has 21 heavy (non-hydrogen) atoms. The fourth-order valence-electron chi connectivity index (χ4n) is 1.60. The van der Waals surface area contributed by atoms with Crippen LogP contribution >= 0.6 is 0 Å². The standard InChI is InChI=1S/C14H12F2N2O3/c1-7(2)13-17-6-11(12(18-13)14(19)20)21-10-4-8(15)3-9(16)5-10/h3-7H,1-2H3,(H,19,20). The largest absolute Gasteiger partial charge is 0.476 e. The lowest BCUT2D eigenvalue weighted by atomic mass is 10.2. The Bertz CT molecular complexity index is 670. The minimum absolute atomic E-state index is 0.0660. The van der Waals surface area contributed by atoms with Gasteiger partial charge in [-0.1, -0.05) is 13.8 Å². The van der Waals surface area contributed by atoms with Crippen molar-refractivity contribution < 1.29 is 23.4 Å². The van der Waals surface area contributed by atoms with Gasteiger partial charge in [0.25, 0.3) is 0 Å². The van der Waals surface area contributed by atoms with Crippen molar-refractivity contribution in [2.24, 2.45) is 0 Å². The Labute approximate surface area is 119 Å². The number of carboxylic acids is 1. The van der Waals surface area contributed by atoms with Crippen LogP contribution in [0.2, 0.25) is 0 Å². The molecular formula is C14H12F2N2O3. The molecular weight excluding hydrogens is 282 g/mol. The molecule has 1 aromatic carbocycles. The Morgan fingerprint density at radius 2 is 1.86 bits per heavy atom. The number of ether oxygens (including phenoxy) is 1. The van der Waals surface area contributed by atoms with Crippen molar-refractivity contribution in [3.05, 3.63) is 47.5 Å². The zero-order valence-electron chi connectivity index (χ0n) is 11.3. The summed E-state index contributed by atoms with van der Waals surface area (Å²) in [4.78, 5) is 19.1. The molecule has 5 nitrogen and oxygen atoms in total. The molecule has 0 saturated heterocycles. The molecule has 0 radical (unpaired) electrons. The fraction of sp³-hybridized carbons (Fsp3) is 0.214. The van der Waals surface area contributed by atoms with Crippen LogP contribution in [0.25, 0.3) is 0 Å². The number of aromatic nitrogens is 2. The first-order valence-corrected chi connectivity index (χ1v) is 6.11. The molecule has 0 aliphatic heterocycles. The summed E-state index contributed by atoms with van der Waals surface area (Å²) in [5, 5.41) is 9.14. The van der Waals surface area contributed by atoms with Crippen molar-refractivity contribution in [3.8, 4) is 11.5 Å². The summed E-state index contributed by atoms with van der Waals surface area (Å²) in [7, 11) is 0. The van der Waals surface area contributed by atoms with Crippen molar-refractivity contribution in [3.63, 3.8) is 0 Å². The lowest BCUT2D eigenvalue weighted by Crippen LogP contribution is -2.08. The number of aromatic carboxylic acids is 1. The number of halogens is 2. The van der Waals surface area contributed by atoms with E-state index in [1.54, 1.807) is 0 Å². The van der Waals surface area contributed by atoms with Gasteiger partial charge in [0.15, 0.2) is 11.4 Å². The van der Waals surface area contributed by atoms with Crippen LogP contribution < -0.4 is 4.74 Å². The average Bonchev–Trinajstić information content (AvgIpc) is 2.37. The van der Waals surface area contributed by atoms with E-state index in [2.05, 4.69) is 9.97 Å². The second-order valence-corrected chi connectivity index (χ2v) is 4.61. The summed E-state index contributed by atoms with van der Waals surface area (Å²) < 4.78 is 31.4. The molecule has 7 heteroatoms. The van der Waals surface area contributed by atoms with Gasteiger partial charge in [-0.05, 0) is 0 Å². The van der Waals surface area contributed by atoms with Crippen LogP contribution in [0.4, 0.5) is 8.78 Å². The van der Waals surface area contributed by atoms with E-state index in [9.17, 15) is 13.6 Å². The van der Waals surface area contributed by atoms with Crippen LogP contribution in [0.3, 0.4) is 0 Å². The summed E-state index contributed by atoms with van der Waals surface area (Å²) in [6.07, 6.45) is 1.18. The molecule has 110 valence electrons. The van der Waals surface area contributed by atoms with E-state index in [-0.39, 0.29) is 23.1 Å². The molecule has 0 amide bonds. The molecule has 0 fully saturated rings. The number of hydrogen-bond donors (Lipinski definition) is 1. The Morgan fingerprint density at radius 1 is 1.24 bits per heavy atom. The molecule has 0 saturated carbocycles. The van der Waals surface area contributed by atoms with E-state index in [0.29, 0.717) is 11.9 Å². The van der Waals surface area contributed by atoms with E-state index >= 15 is 0 Å². The number of carboxylic acid groups (broad SMARTS) is 1. The van der Waals surface area contributed by atoms with Gasteiger partial charge >= 0.3 is 5.97 Å². The summed E-state index contributed by atoms with van der Waals surface area (Å²) in [5.41, 5.74) is -0.363. The molecule has 0 aliphatic rings. The van der Waals surface area contributed by atoms with Crippen molar-refractivity contribution in [2.45, 2.75) is 19.8 Å². The first kappa shape index (κ1) is 14.8. The van der Waals surface area contributed by atoms with Gasteiger partial charge in [-0.25, -0.2) is 23.5 Å². The Morgan fingerprint density at radius 3 is 2.38 bits per heavy atom. The third kappa shape index (κ3) is 3.50. The van der Waals surface area contributed by atoms with Gasteiger partial charge in [-0.15, -0.1) is 0 Å². The maximum Gasteiger partial charge on any atom is 0.358 e. The summed E-state index contributed by atoms with van der Waals surface area (Å²) in [5.74, 6) is -3.06. The van der Waals surface area contributed by atoms with Crippen LogP contribution in [0.1, 0.15) is 36.1 Å². The lowest BCUT2D eigenvalue weighted by Gasteiger charge is -2.10. The van der Waals surface area contributed by atoms with Gasteiger partial charge in [-0.3, -0.25) is 0 Å². The molecule has 0 aliphatic carbocycles. The minimum atomic E-state index is -1.31. The number of benzene rings is 1. The Kier molecular flexibility index (Phi) is 4.11. The van der Waals surface area contributed by atoms with Crippen LogP contribution in [-0.4, -0.2) is 21.0 Å². The van der Waals surface area contributed by atoms with E-state index in [1.807, 2.05) is 13.8 Å². The number of hydrogen-bond acceptors (Lipinski definition) is 4. The van der Waals surface area contributed by atoms with Gasteiger partial charge in [0.2, 0.25) is 0 Å². The molecule has 2 aromatic rings. The van der Waals surface area contributed by atoms with Crippen LogP contribution in [0.15, 0.2) is 24.4 Å². The van der Waals surface area contributed by atoms with Crippen LogP contribution in [-0.2, 0) is 0 Å². The highest BCUT2D eigenvalue weighted by atomic mass is 19.1. The third-order valence-corrected chi connectivity index (χ3v) is 2.56. The zero-order chi connectivity index (χ0) is 15.6. The highest BCUT2D eigenvalue weighted by molar-refractivity contribution is 5.88. The van der Waals surface area contributed by atoms with Crippen molar-refractivity contribution in [2.75, 3.05) is 0 Å². The first-order valence-electron chi connectivity index (χ1n) is 6.11. The topological polar surface area (TPSA) is 72.3 Å². The van der Waals surface area contributed by atoms with Crippen LogP contribution in [0.5, 0.6) is 11.5 Å². The second kappa shape index (κ2) is 5.82. The predicted molar refractivity (Wildman–Crippen MR) is 69.5 cm³/mol. The van der Waals surface area contributed by atoms with Crippen molar-refractivity contribution >= 4 is 5.97 Å². The maximum absolute atomic E-state index is 13.1. The zero-order valence-corrected chi connectivity index (χ0v) is 11.3. The SMILES string of the molecule is CC(C)c1ncc(Oc2cc(F)cc(F)c2)c(C(=O)O)n1. The Hall–Kier alpha value is -2.57. The monoisotopic (exact) mass is 294 g/mol. The molecule has 1 heterocycles. The lowest BCUT2D eigenvalue weighted by molar-refractivity contribution is 0.0686. The predicted octanol–water partition coefficient (Wildman–Crippen LogP) is 3.37. The number of carbonyl (C=O) groups is 1. The molecule has 0 spiro atoms. The maximum atomic E-state index is 13.1. The normalized spacial score (nSPS) is 10.7. The Balaban J connectivity index is 2.41. The van der Waals surface area contributed by atoms with Crippen LogP contribution in [0, 0.1) is 11.6 Å². The van der Waals surface area contributed by atoms with E-state index < -0.39 is 17.6 Å². The highest BCUT2D eigenvalue weighted by Gasteiger charge is 2.18. The fourth-order valence-corrected chi connectivity index (χ4v) is 1.60. The highest BCUT2D eigenvalue weighted by Crippen LogP contribution is 2.26. The summed E-state index contributed by atoms with van der Waals surface area (Å²) >= 11 is 0. The number of rotatable bonds is 4. The van der Waals surface area contributed by atoms with Gasteiger partial charge < -0.3 is 9.84 Å². The molecule has 2 rings (SSSR count). The smallest absolute Gasteiger partial charge is 0.358 e. The second-order valence-electron chi connectivity index (χ2n) is 4.61. The average molecular weight is 294 g/mol. The third-order valence-electron chi connectivity index (χ3n) is 2.56. The summed E-state index contributed by atoms with van der Waals surface area (Å²) in [6.45, 7) is 3.62. The molecule has 1 aromatic heterocycles. The quantitative estimate of drug-likeness (QED) is 0.936.